The van der Waals surface area contributed by atoms with Gasteiger partial charge >= 0.3 is 5.97 Å². The molecular formula is C25H38O3. The lowest BCUT2D eigenvalue weighted by molar-refractivity contribution is 0.0692. The molecule has 3 nitrogen and oxygen atoms in total. The Labute approximate surface area is 171 Å². The first kappa shape index (κ1) is 24.0. The molecule has 156 valence electrons. The largest absolute Gasteiger partial charge is 0.496 e. The number of aryl methyl sites for hydroxylation is 1. The number of carbonyl (C=O) groups is 1. The van der Waals surface area contributed by atoms with Crippen molar-refractivity contribution < 1.29 is 14.6 Å². The Kier molecular flexibility index (Phi) is 13.7. The number of methoxy groups -OCH3 is 1. The standard InChI is InChI=1S/C25H38O3/c1-3-4-5-6-7-8-9-10-11-12-13-14-15-16-17-19-22-20-18-21-23(28-2)24(22)25(26)27/h7-8,10-11,18,20-21H,3-6,9,12-17,19H2,1-2H3,(H,26,27)/b8-7-,11-10-. The summed E-state index contributed by atoms with van der Waals surface area (Å²) in [5.41, 5.74) is 1.19. The van der Waals surface area contributed by atoms with E-state index in [1.165, 1.54) is 52.1 Å². The lowest BCUT2D eigenvalue weighted by atomic mass is 9.99. The van der Waals surface area contributed by atoms with Gasteiger partial charge in [-0.1, -0.05) is 75.5 Å². The van der Waals surface area contributed by atoms with Gasteiger partial charge < -0.3 is 9.84 Å². The Morgan fingerprint density at radius 3 is 2.21 bits per heavy atom. The molecule has 0 saturated carbocycles. The minimum atomic E-state index is -0.907. The number of allylic oxidation sites excluding steroid dienone is 4. The molecule has 0 aromatic heterocycles. The lowest BCUT2D eigenvalue weighted by Crippen LogP contribution is -2.05. The minimum absolute atomic E-state index is 0.314. The lowest BCUT2D eigenvalue weighted by Gasteiger charge is -2.10. The second-order valence-corrected chi connectivity index (χ2v) is 7.28. The molecule has 0 unspecified atom stereocenters. The van der Waals surface area contributed by atoms with Gasteiger partial charge in [0.05, 0.1) is 7.11 Å². The van der Waals surface area contributed by atoms with Crippen LogP contribution < -0.4 is 4.74 Å². The molecule has 1 aromatic carbocycles. The molecule has 0 aliphatic carbocycles. The van der Waals surface area contributed by atoms with Crippen molar-refractivity contribution in [3.8, 4) is 5.75 Å². The van der Waals surface area contributed by atoms with Gasteiger partial charge in [-0.3, -0.25) is 0 Å². The second-order valence-electron chi connectivity index (χ2n) is 7.28. The van der Waals surface area contributed by atoms with Gasteiger partial charge in [0.1, 0.15) is 11.3 Å². The number of hydrogen-bond donors (Lipinski definition) is 1. The summed E-state index contributed by atoms with van der Waals surface area (Å²) in [7, 11) is 1.52. The molecule has 0 bridgehead atoms. The molecule has 0 amide bonds. The van der Waals surface area contributed by atoms with Crippen LogP contribution in [0.15, 0.2) is 42.5 Å². The van der Waals surface area contributed by atoms with Gasteiger partial charge in [-0.2, -0.15) is 0 Å². The number of aromatic carboxylic acids is 1. The van der Waals surface area contributed by atoms with Crippen molar-refractivity contribution in [1.82, 2.24) is 0 Å². The first-order valence-electron chi connectivity index (χ1n) is 10.9. The maximum atomic E-state index is 11.5. The first-order chi connectivity index (χ1) is 13.7. The summed E-state index contributed by atoms with van der Waals surface area (Å²) in [5, 5.41) is 9.41. The van der Waals surface area contributed by atoms with Crippen LogP contribution in [0.2, 0.25) is 0 Å². The Morgan fingerprint density at radius 2 is 1.57 bits per heavy atom. The average molecular weight is 387 g/mol. The van der Waals surface area contributed by atoms with Crippen LogP contribution in [0.5, 0.6) is 5.75 Å². The Morgan fingerprint density at radius 1 is 0.929 bits per heavy atom. The fourth-order valence-electron chi connectivity index (χ4n) is 3.32. The maximum Gasteiger partial charge on any atom is 0.339 e. The fourth-order valence-corrected chi connectivity index (χ4v) is 3.32. The van der Waals surface area contributed by atoms with Crippen molar-refractivity contribution in [3.63, 3.8) is 0 Å². The topological polar surface area (TPSA) is 46.5 Å². The van der Waals surface area contributed by atoms with Crippen LogP contribution in [0.1, 0.15) is 93.5 Å². The van der Waals surface area contributed by atoms with E-state index in [-0.39, 0.29) is 0 Å². The van der Waals surface area contributed by atoms with Crippen molar-refractivity contribution in [2.24, 2.45) is 0 Å². The zero-order chi connectivity index (χ0) is 20.5. The van der Waals surface area contributed by atoms with E-state index in [0.29, 0.717) is 11.3 Å². The maximum absolute atomic E-state index is 11.5. The van der Waals surface area contributed by atoms with Gasteiger partial charge in [0, 0.05) is 0 Å². The van der Waals surface area contributed by atoms with Crippen LogP contribution >= 0.6 is 0 Å². The molecule has 28 heavy (non-hydrogen) atoms. The van der Waals surface area contributed by atoms with E-state index in [1.54, 1.807) is 6.07 Å². The van der Waals surface area contributed by atoms with E-state index >= 15 is 0 Å². The molecule has 0 aliphatic rings. The van der Waals surface area contributed by atoms with Crippen LogP contribution in [0.4, 0.5) is 0 Å². The number of ether oxygens (including phenoxy) is 1. The Hall–Kier alpha value is -2.03. The molecule has 0 aliphatic heterocycles. The van der Waals surface area contributed by atoms with E-state index in [1.807, 2.05) is 12.1 Å². The van der Waals surface area contributed by atoms with Crippen LogP contribution in [-0.4, -0.2) is 18.2 Å². The van der Waals surface area contributed by atoms with E-state index in [9.17, 15) is 9.90 Å². The highest BCUT2D eigenvalue weighted by Crippen LogP contribution is 2.24. The van der Waals surface area contributed by atoms with Gasteiger partial charge in [-0.25, -0.2) is 4.79 Å². The molecule has 3 heteroatoms. The van der Waals surface area contributed by atoms with Gasteiger partial charge in [-0.05, 0) is 56.6 Å². The highest BCUT2D eigenvalue weighted by Gasteiger charge is 2.15. The van der Waals surface area contributed by atoms with Gasteiger partial charge in [0.15, 0.2) is 0 Å². The summed E-state index contributed by atoms with van der Waals surface area (Å²) in [6, 6.07) is 5.48. The molecule has 0 atom stereocenters. The number of benzene rings is 1. The third kappa shape index (κ3) is 10.3. The first-order valence-corrected chi connectivity index (χ1v) is 10.9. The van der Waals surface area contributed by atoms with E-state index in [4.69, 9.17) is 4.74 Å². The number of carboxylic acid groups (broad SMARTS) is 1. The van der Waals surface area contributed by atoms with E-state index in [2.05, 4.69) is 31.2 Å². The van der Waals surface area contributed by atoms with Crippen molar-refractivity contribution >= 4 is 5.97 Å². The van der Waals surface area contributed by atoms with Gasteiger partial charge in [0.2, 0.25) is 0 Å². The molecule has 1 rings (SSSR count). The third-order valence-corrected chi connectivity index (χ3v) is 4.94. The molecule has 1 aromatic rings. The predicted octanol–water partition coefficient (Wildman–Crippen LogP) is 7.36. The molecule has 0 radical (unpaired) electrons. The average Bonchev–Trinajstić information content (AvgIpc) is 2.70. The van der Waals surface area contributed by atoms with E-state index in [0.717, 1.165) is 37.7 Å². The number of hydrogen-bond acceptors (Lipinski definition) is 2. The fraction of sp³-hybridized carbons (Fsp3) is 0.560. The van der Waals surface area contributed by atoms with Crippen LogP contribution in [0, 0.1) is 0 Å². The summed E-state index contributed by atoms with van der Waals surface area (Å²) in [5.74, 6) is -0.456. The Bertz CT molecular complexity index is 602. The zero-order valence-corrected chi connectivity index (χ0v) is 17.8. The highest BCUT2D eigenvalue weighted by atomic mass is 16.5. The second kappa shape index (κ2) is 16.0. The molecule has 0 fully saturated rings. The summed E-state index contributed by atoms with van der Waals surface area (Å²) in [4.78, 5) is 11.5. The summed E-state index contributed by atoms with van der Waals surface area (Å²) >= 11 is 0. The number of unbranched alkanes of at least 4 members (excludes halogenated alkanes) is 8. The van der Waals surface area contributed by atoms with Gasteiger partial charge in [0.25, 0.3) is 0 Å². The van der Waals surface area contributed by atoms with Crippen molar-refractivity contribution in [2.75, 3.05) is 7.11 Å². The quantitative estimate of drug-likeness (QED) is 0.238. The van der Waals surface area contributed by atoms with E-state index < -0.39 is 5.97 Å². The van der Waals surface area contributed by atoms with Crippen LogP contribution in [0.3, 0.4) is 0 Å². The zero-order valence-electron chi connectivity index (χ0n) is 17.8. The SMILES string of the molecule is CCCCC/C=C\C/C=C\CCCCCCCc1cccc(OC)c1C(=O)O. The normalized spacial score (nSPS) is 11.5. The summed E-state index contributed by atoms with van der Waals surface area (Å²) < 4.78 is 5.18. The highest BCUT2D eigenvalue weighted by molar-refractivity contribution is 5.92. The monoisotopic (exact) mass is 386 g/mol. The van der Waals surface area contributed by atoms with Crippen molar-refractivity contribution in [3.05, 3.63) is 53.6 Å². The summed E-state index contributed by atoms with van der Waals surface area (Å²) in [6.07, 6.45) is 23.1. The molecule has 0 spiro atoms. The van der Waals surface area contributed by atoms with Gasteiger partial charge in [-0.15, -0.1) is 0 Å². The minimum Gasteiger partial charge on any atom is -0.496 e. The predicted molar refractivity (Wildman–Crippen MR) is 118 cm³/mol. The van der Waals surface area contributed by atoms with Crippen LogP contribution in [-0.2, 0) is 6.42 Å². The van der Waals surface area contributed by atoms with Crippen molar-refractivity contribution in [1.29, 1.82) is 0 Å². The third-order valence-electron chi connectivity index (χ3n) is 4.94. The number of rotatable bonds is 16. The molecule has 0 saturated heterocycles. The molecular weight excluding hydrogens is 348 g/mol. The molecule has 1 N–H and O–H groups in total. The summed E-state index contributed by atoms with van der Waals surface area (Å²) in [6.45, 7) is 2.24. The van der Waals surface area contributed by atoms with Crippen molar-refractivity contribution in [2.45, 2.75) is 84.0 Å². The number of carboxylic acids is 1. The Balaban J connectivity index is 2.10. The smallest absolute Gasteiger partial charge is 0.339 e. The molecule has 0 heterocycles. The van der Waals surface area contributed by atoms with Crippen LogP contribution in [0.25, 0.3) is 0 Å².